The highest BCUT2D eigenvalue weighted by molar-refractivity contribution is 7.21. The van der Waals surface area contributed by atoms with E-state index in [0.717, 1.165) is 45.3 Å². The maximum atomic E-state index is 10.1. The van der Waals surface area contributed by atoms with Crippen molar-refractivity contribution < 1.29 is 14.9 Å². The highest BCUT2D eigenvalue weighted by atomic mass is 32.1. The van der Waals surface area contributed by atoms with Crippen LogP contribution in [0.1, 0.15) is 6.42 Å². The first kappa shape index (κ1) is 17.2. The average Bonchev–Trinajstić information content (AvgIpc) is 3.11. The number of piperidine rings is 1. The van der Waals surface area contributed by atoms with Gasteiger partial charge in [0.15, 0.2) is 0 Å². The monoisotopic (exact) mass is 371 g/mol. The van der Waals surface area contributed by atoms with E-state index in [1.165, 1.54) is 0 Å². The first-order valence-electron chi connectivity index (χ1n) is 8.63. The first-order chi connectivity index (χ1) is 12.7. The normalized spacial score (nSPS) is 20.5. The first-order valence-corrected chi connectivity index (χ1v) is 9.44. The summed E-state index contributed by atoms with van der Waals surface area (Å²) in [6.45, 7) is 1.32. The van der Waals surface area contributed by atoms with Crippen LogP contribution in [-0.2, 0) is 0 Å². The standard InChI is InChI=1S/C19H21N3O3S/c1-25-14-3-4-15-17(8-14)26-19(21-15)12-2-5-18(20-9-12)22-7-6-13(11-23)16(24)10-22/h2-5,8-9,13,16,23-24H,6-7,10-11H2,1H3/t13-,16+/m0/s1. The minimum absolute atomic E-state index is 0.0315. The number of rotatable bonds is 4. The van der Waals surface area contributed by atoms with Gasteiger partial charge in [0.25, 0.3) is 0 Å². The fraction of sp³-hybridized carbons (Fsp3) is 0.368. The van der Waals surface area contributed by atoms with Crippen LogP contribution in [0.5, 0.6) is 5.75 Å². The van der Waals surface area contributed by atoms with Crippen LogP contribution in [0.15, 0.2) is 36.5 Å². The van der Waals surface area contributed by atoms with Gasteiger partial charge in [-0.25, -0.2) is 9.97 Å². The summed E-state index contributed by atoms with van der Waals surface area (Å²) < 4.78 is 6.35. The fourth-order valence-corrected chi connectivity index (χ4v) is 4.24. The van der Waals surface area contributed by atoms with Gasteiger partial charge in [0, 0.05) is 37.4 Å². The van der Waals surface area contributed by atoms with Crippen molar-refractivity contribution in [2.45, 2.75) is 12.5 Å². The van der Waals surface area contributed by atoms with Crippen molar-refractivity contribution in [1.82, 2.24) is 9.97 Å². The zero-order chi connectivity index (χ0) is 18.1. The van der Waals surface area contributed by atoms with Crippen molar-refractivity contribution in [2.24, 2.45) is 5.92 Å². The number of anilines is 1. The minimum Gasteiger partial charge on any atom is -0.497 e. The largest absolute Gasteiger partial charge is 0.497 e. The second-order valence-electron chi connectivity index (χ2n) is 6.50. The lowest BCUT2D eigenvalue weighted by Gasteiger charge is -2.35. The van der Waals surface area contributed by atoms with Crippen molar-refractivity contribution in [3.63, 3.8) is 0 Å². The van der Waals surface area contributed by atoms with Gasteiger partial charge in [-0.05, 0) is 36.8 Å². The van der Waals surface area contributed by atoms with E-state index in [1.54, 1.807) is 18.4 Å². The van der Waals surface area contributed by atoms with Gasteiger partial charge in [0.1, 0.15) is 16.6 Å². The van der Waals surface area contributed by atoms with E-state index in [-0.39, 0.29) is 12.5 Å². The summed E-state index contributed by atoms with van der Waals surface area (Å²) in [5.74, 6) is 1.63. The molecule has 1 aliphatic rings. The van der Waals surface area contributed by atoms with E-state index in [1.807, 2.05) is 36.5 Å². The van der Waals surface area contributed by atoms with Crippen LogP contribution < -0.4 is 9.64 Å². The number of pyridine rings is 1. The molecule has 1 aromatic carbocycles. The van der Waals surface area contributed by atoms with Gasteiger partial charge >= 0.3 is 0 Å². The molecule has 0 saturated carbocycles. The number of methoxy groups -OCH3 is 1. The molecular formula is C19H21N3O3S. The quantitative estimate of drug-likeness (QED) is 0.734. The lowest BCUT2D eigenvalue weighted by Crippen LogP contribution is -2.45. The van der Waals surface area contributed by atoms with E-state index in [4.69, 9.17) is 4.74 Å². The topological polar surface area (TPSA) is 78.7 Å². The van der Waals surface area contributed by atoms with Crippen molar-refractivity contribution in [3.05, 3.63) is 36.5 Å². The second kappa shape index (κ2) is 7.19. The highest BCUT2D eigenvalue weighted by Gasteiger charge is 2.27. The number of aromatic nitrogens is 2. The zero-order valence-corrected chi connectivity index (χ0v) is 15.3. The second-order valence-corrected chi connectivity index (χ2v) is 7.53. The Kier molecular flexibility index (Phi) is 4.76. The molecule has 0 unspecified atom stereocenters. The number of thiazole rings is 1. The summed E-state index contributed by atoms with van der Waals surface area (Å²) in [5, 5.41) is 20.3. The van der Waals surface area contributed by atoms with Gasteiger partial charge in [-0.15, -0.1) is 11.3 Å². The third kappa shape index (κ3) is 3.25. The van der Waals surface area contributed by atoms with Crippen molar-refractivity contribution in [2.75, 3.05) is 31.7 Å². The molecule has 1 aliphatic heterocycles. The number of hydrogen-bond acceptors (Lipinski definition) is 7. The maximum Gasteiger partial charge on any atom is 0.128 e. The van der Waals surface area contributed by atoms with Crippen molar-refractivity contribution in [3.8, 4) is 16.3 Å². The molecule has 3 heterocycles. The van der Waals surface area contributed by atoms with Crippen molar-refractivity contribution in [1.29, 1.82) is 0 Å². The molecule has 26 heavy (non-hydrogen) atoms. The van der Waals surface area contributed by atoms with E-state index in [2.05, 4.69) is 14.9 Å². The average molecular weight is 371 g/mol. The van der Waals surface area contributed by atoms with Gasteiger partial charge in [-0.3, -0.25) is 0 Å². The summed E-state index contributed by atoms with van der Waals surface area (Å²) in [5.41, 5.74) is 1.92. The van der Waals surface area contributed by atoms with Crippen LogP contribution in [0.25, 0.3) is 20.8 Å². The predicted molar refractivity (Wildman–Crippen MR) is 103 cm³/mol. The molecule has 4 rings (SSSR count). The van der Waals surface area contributed by atoms with Gasteiger partial charge in [-0.2, -0.15) is 0 Å². The third-order valence-electron chi connectivity index (χ3n) is 4.87. The van der Waals surface area contributed by atoms with E-state index in [0.29, 0.717) is 6.54 Å². The molecule has 0 radical (unpaired) electrons. The summed E-state index contributed by atoms with van der Waals surface area (Å²) in [7, 11) is 1.66. The van der Waals surface area contributed by atoms with Gasteiger partial charge < -0.3 is 19.8 Å². The molecule has 0 spiro atoms. The van der Waals surface area contributed by atoms with Gasteiger partial charge in [0.2, 0.25) is 0 Å². The van der Waals surface area contributed by atoms with Crippen LogP contribution >= 0.6 is 11.3 Å². The Labute approximate surface area is 155 Å². The van der Waals surface area contributed by atoms with Crippen LogP contribution in [-0.4, -0.2) is 53.1 Å². The van der Waals surface area contributed by atoms with Crippen LogP contribution in [0, 0.1) is 5.92 Å². The molecule has 6 nitrogen and oxygen atoms in total. The predicted octanol–water partition coefficient (Wildman–Crippen LogP) is 2.55. The number of benzene rings is 1. The van der Waals surface area contributed by atoms with Crippen LogP contribution in [0.2, 0.25) is 0 Å². The maximum absolute atomic E-state index is 10.1. The molecule has 0 bridgehead atoms. The number of nitrogens with zero attached hydrogens (tertiary/aromatic N) is 3. The molecule has 0 aliphatic carbocycles. The van der Waals surface area contributed by atoms with Gasteiger partial charge in [-0.1, -0.05) is 0 Å². The Bertz CT molecular complexity index is 897. The fourth-order valence-electron chi connectivity index (χ4n) is 3.26. The number of β-amino-alcohol motifs (C(OH)–C–C–N with tert-alkyl or cyclic N) is 1. The number of hydrogen-bond donors (Lipinski definition) is 2. The molecule has 136 valence electrons. The smallest absolute Gasteiger partial charge is 0.128 e. The Morgan fingerprint density at radius 2 is 2.19 bits per heavy atom. The Morgan fingerprint density at radius 3 is 2.88 bits per heavy atom. The number of fused-ring (bicyclic) bond motifs is 1. The Morgan fingerprint density at radius 1 is 1.31 bits per heavy atom. The summed E-state index contributed by atoms with van der Waals surface area (Å²) >= 11 is 1.61. The van der Waals surface area contributed by atoms with Crippen molar-refractivity contribution >= 4 is 27.4 Å². The summed E-state index contributed by atoms with van der Waals surface area (Å²) in [6.07, 6.45) is 2.07. The summed E-state index contributed by atoms with van der Waals surface area (Å²) in [6, 6.07) is 9.85. The lowest BCUT2D eigenvalue weighted by atomic mass is 9.95. The SMILES string of the molecule is COc1ccc2nc(-c3ccc(N4CC[C@@H](CO)[C@H](O)C4)nc3)sc2c1. The molecule has 1 saturated heterocycles. The van der Waals surface area contributed by atoms with Crippen LogP contribution in [0.3, 0.4) is 0 Å². The van der Waals surface area contributed by atoms with E-state index < -0.39 is 6.10 Å². The minimum atomic E-state index is -0.519. The molecule has 1 fully saturated rings. The number of aliphatic hydroxyl groups excluding tert-OH is 2. The number of ether oxygens (including phenoxy) is 1. The summed E-state index contributed by atoms with van der Waals surface area (Å²) in [4.78, 5) is 11.3. The van der Waals surface area contributed by atoms with E-state index in [9.17, 15) is 10.2 Å². The molecule has 3 aromatic rings. The number of aliphatic hydroxyl groups is 2. The van der Waals surface area contributed by atoms with Crippen LogP contribution in [0.4, 0.5) is 5.82 Å². The highest BCUT2D eigenvalue weighted by Crippen LogP contribution is 2.32. The Balaban J connectivity index is 1.54. The van der Waals surface area contributed by atoms with E-state index >= 15 is 0 Å². The Hall–Kier alpha value is -2.22. The molecular weight excluding hydrogens is 350 g/mol. The molecule has 2 atom stereocenters. The molecule has 7 heteroatoms. The lowest BCUT2D eigenvalue weighted by molar-refractivity contribution is 0.0546. The molecule has 0 amide bonds. The van der Waals surface area contributed by atoms with Gasteiger partial charge in [0.05, 0.1) is 23.4 Å². The zero-order valence-electron chi connectivity index (χ0n) is 14.5. The third-order valence-corrected chi connectivity index (χ3v) is 5.94. The molecule has 2 N–H and O–H groups in total. The molecule has 2 aromatic heterocycles.